The van der Waals surface area contributed by atoms with Crippen LogP contribution in [0.3, 0.4) is 0 Å². The molecule has 58 valence electrons. The zero-order valence-electron chi connectivity index (χ0n) is 5.74. The van der Waals surface area contributed by atoms with Crippen molar-refractivity contribution in [1.82, 2.24) is 0 Å². The van der Waals surface area contributed by atoms with Crippen LogP contribution in [0.2, 0.25) is 0 Å². The topological polar surface area (TPSA) is 37.3 Å². The third-order valence-electron chi connectivity index (χ3n) is 0.687. The second-order valence-corrected chi connectivity index (χ2v) is 3.82. The number of aliphatic carboxylic acids is 1. The van der Waals surface area contributed by atoms with E-state index in [0.29, 0.717) is 0 Å². The largest absolute Gasteiger partial charge is 0.481 e. The van der Waals surface area contributed by atoms with E-state index in [-0.39, 0.29) is 6.42 Å². The van der Waals surface area contributed by atoms with Crippen LogP contribution in [0.25, 0.3) is 0 Å². The third-order valence-corrected chi connectivity index (χ3v) is 2.60. The molecule has 0 saturated carbocycles. The van der Waals surface area contributed by atoms with E-state index in [1.807, 2.05) is 21.6 Å². The van der Waals surface area contributed by atoms with Crippen LogP contribution in [-0.2, 0) is 4.79 Å². The summed E-state index contributed by atoms with van der Waals surface area (Å²) < 4.78 is 0. The minimum Gasteiger partial charge on any atom is -0.481 e. The van der Waals surface area contributed by atoms with Gasteiger partial charge in [0, 0.05) is 12.2 Å². The lowest BCUT2D eigenvalue weighted by Crippen LogP contribution is -1.86. The van der Waals surface area contributed by atoms with Gasteiger partial charge in [0.1, 0.15) is 0 Å². The van der Waals surface area contributed by atoms with Gasteiger partial charge in [-0.2, -0.15) is 0 Å². The predicted octanol–water partition coefficient (Wildman–Crippen LogP) is 2.38. The Bertz CT molecular complexity index is 117. The molecule has 10 heavy (non-hydrogen) atoms. The van der Waals surface area contributed by atoms with Gasteiger partial charge in [-0.25, -0.2) is 0 Å². The van der Waals surface area contributed by atoms with Gasteiger partial charge in [0.25, 0.3) is 0 Å². The van der Waals surface area contributed by atoms with E-state index in [1.54, 1.807) is 6.92 Å². The van der Waals surface area contributed by atoms with E-state index in [1.165, 1.54) is 5.75 Å². The number of rotatable bonds is 1. The van der Waals surface area contributed by atoms with Gasteiger partial charge in [-0.05, 0) is 5.41 Å². The van der Waals surface area contributed by atoms with Crippen molar-refractivity contribution in [2.75, 3.05) is 5.75 Å². The Balaban J connectivity index is 0.000000162. The summed E-state index contributed by atoms with van der Waals surface area (Å²) in [7, 11) is 3.69. The van der Waals surface area contributed by atoms with Crippen molar-refractivity contribution in [2.45, 2.75) is 13.3 Å². The molecular weight excluding hydrogens is 168 g/mol. The van der Waals surface area contributed by atoms with Gasteiger partial charge < -0.3 is 5.11 Å². The molecule has 1 aliphatic rings. The highest BCUT2D eigenvalue weighted by Crippen LogP contribution is 2.27. The van der Waals surface area contributed by atoms with Crippen LogP contribution in [0, 0.1) is 0 Å². The molecular formula is C6H10O2S2. The summed E-state index contributed by atoms with van der Waals surface area (Å²) in [5, 5.41) is 9.84. The van der Waals surface area contributed by atoms with Gasteiger partial charge in [-0.15, -0.1) is 0 Å². The molecule has 0 bridgehead atoms. The summed E-state index contributed by atoms with van der Waals surface area (Å²) in [6.07, 6.45) is 2.38. The van der Waals surface area contributed by atoms with Crippen molar-refractivity contribution in [2.24, 2.45) is 0 Å². The number of carbonyl (C=O) groups is 1. The lowest BCUT2D eigenvalue weighted by atomic mass is 10.5. The second kappa shape index (κ2) is 7.02. The van der Waals surface area contributed by atoms with Crippen molar-refractivity contribution in [3.05, 3.63) is 11.5 Å². The van der Waals surface area contributed by atoms with Crippen molar-refractivity contribution in [3.8, 4) is 0 Å². The molecule has 1 heterocycles. The lowest BCUT2D eigenvalue weighted by molar-refractivity contribution is -0.136. The first-order valence-electron chi connectivity index (χ1n) is 2.92. The first kappa shape index (κ1) is 9.91. The summed E-state index contributed by atoms with van der Waals surface area (Å²) in [6.45, 7) is 1.60. The Hall–Kier alpha value is -0.0900. The van der Waals surface area contributed by atoms with Crippen molar-refractivity contribution < 1.29 is 9.90 Å². The first-order chi connectivity index (χ1) is 4.77. The zero-order chi connectivity index (χ0) is 7.82. The second-order valence-electron chi connectivity index (χ2n) is 1.50. The smallest absolute Gasteiger partial charge is 0.303 e. The molecule has 0 aromatic heterocycles. The lowest BCUT2D eigenvalue weighted by Gasteiger charge is -1.71. The van der Waals surface area contributed by atoms with Crippen LogP contribution < -0.4 is 0 Å². The van der Waals surface area contributed by atoms with Crippen LogP contribution in [0.15, 0.2) is 11.5 Å². The normalized spacial score (nSPS) is 14.1. The maximum Gasteiger partial charge on any atom is 0.303 e. The summed E-state index contributed by atoms with van der Waals surface area (Å²) in [5.41, 5.74) is 0. The summed E-state index contributed by atoms with van der Waals surface area (Å²) >= 11 is 0. The molecule has 0 radical (unpaired) electrons. The Morgan fingerprint density at radius 3 is 2.50 bits per heavy atom. The van der Waals surface area contributed by atoms with E-state index >= 15 is 0 Å². The van der Waals surface area contributed by atoms with Gasteiger partial charge in [0.2, 0.25) is 0 Å². The van der Waals surface area contributed by atoms with Gasteiger partial charge in [-0.3, -0.25) is 4.79 Å². The Morgan fingerprint density at radius 2 is 2.40 bits per heavy atom. The van der Waals surface area contributed by atoms with Crippen LogP contribution in [0.1, 0.15) is 13.3 Å². The molecule has 1 N–H and O–H groups in total. The minimum atomic E-state index is -0.745. The van der Waals surface area contributed by atoms with Gasteiger partial charge in [0.15, 0.2) is 0 Å². The fourth-order valence-corrected chi connectivity index (χ4v) is 1.77. The highest BCUT2D eigenvalue weighted by Gasteiger charge is 1.85. The first-order valence-corrected chi connectivity index (χ1v) is 5.30. The van der Waals surface area contributed by atoms with Crippen LogP contribution in [0.5, 0.6) is 0 Å². The third kappa shape index (κ3) is 7.91. The molecule has 2 nitrogen and oxygen atoms in total. The summed E-state index contributed by atoms with van der Waals surface area (Å²) in [4.78, 5) is 9.37. The fourth-order valence-electron chi connectivity index (χ4n) is 0.196. The Morgan fingerprint density at radius 1 is 1.80 bits per heavy atom. The fraction of sp³-hybridized carbons (Fsp3) is 0.500. The maximum absolute atomic E-state index is 9.37. The number of carboxylic acids is 1. The monoisotopic (exact) mass is 178 g/mol. The van der Waals surface area contributed by atoms with Crippen molar-refractivity contribution >= 4 is 27.6 Å². The Kier molecular flexibility index (Phi) is 6.96. The highest BCUT2D eigenvalue weighted by atomic mass is 33.1. The molecule has 0 amide bonds. The maximum atomic E-state index is 9.37. The van der Waals surface area contributed by atoms with Crippen LogP contribution >= 0.6 is 21.6 Å². The summed E-state index contributed by atoms with van der Waals surface area (Å²) in [5.74, 6) is 0.454. The molecule has 1 aliphatic heterocycles. The number of hydrogen-bond acceptors (Lipinski definition) is 3. The van der Waals surface area contributed by atoms with Gasteiger partial charge in [-0.1, -0.05) is 34.6 Å². The number of hydrogen-bond donors (Lipinski definition) is 1. The SMILES string of the molecule is C1=CSSC1.CCC(=O)O. The van der Waals surface area contributed by atoms with Gasteiger partial charge >= 0.3 is 5.97 Å². The average molecular weight is 178 g/mol. The Labute approximate surface area is 68.5 Å². The zero-order valence-corrected chi connectivity index (χ0v) is 7.37. The van der Waals surface area contributed by atoms with Crippen LogP contribution in [-0.4, -0.2) is 16.8 Å². The molecule has 0 aromatic carbocycles. The molecule has 0 spiro atoms. The molecule has 0 unspecified atom stereocenters. The molecule has 0 aliphatic carbocycles. The van der Waals surface area contributed by atoms with E-state index in [4.69, 9.17) is 5.11 Å². The molecule has 0 saturated heterocycles. The average Bonchev–Trinajstić information content (AvgIpc) is 2.43. The molecule has 4 heteroatoms. The predicted molar refractivity (Wildman–Crippen MR) is 47.1 cm³/mol. The molecule has 1 rings (SSSR count). The summed E-state index contributed by atoms with van der Waals surface area (Å²) in [6, 6.07) is 0. The minimum absolute atomic E-state index is 0.222. The van der Waals surface area contributed by atoms with E-state index in [9.17, 15) is 4.79 Å². The van der Waals surface area contributed by atoms with Crippen molar-refractivity contribution in [3.63, 3.8) is 0 Å². The quantitative estimate of drug-likeness (QED) is 0.625. The van der Waals surface area contributed by atoms with Crippen molar-refractivity contribution in [1.29, 1.82) is 0 Å². The van der Waals surface area contributed by atoms with Crippen LogP contribution in [0.4, 0.5) is 0 Å². The van der Waals surface area contributed by atoms with Gasteiger partial charge in [0.05, 0.1) is 0 Å². The number of carboxylic acid groups (broad SMARTS) is 1. The van der Waals surface area contributed by atoms with E-state index < -0.39 is 5.97 Å². The molecule has 0 aromatic rings. The standard InChI is InChI=1S/C3H6O2.C3H4S2/c1-2-3(4)5;1-2-4-5-3-1/h2H2,1H3,(H,4,5);1-2H,3H2. The van der Waals surface area contributed by atoms with E-state index in [0.717, 1.165) is 0 Å². The highest BCUT2D eigenvalue weighted by molar-refractivity contribution is 8.78. The molecule has 0 atom stereocenters. The van der Waals surface area contributed by atoms with E-state index in [2.05, 4.69) is 11.5 Å². The molecule has 0 fully saturated rings.